The summed E-state index contributed by atoms with van der Waals surface area (Å²) in [5.74, 6) is 0.403. The molecule has 1 aromatic carbocycles. The molecule has 0 radical (unpaired) electrons. The Bertz CT molecular complexity index is 383. The highest BCUT2D eigenvalue weighted by molar-refractivity contribution is 7.84. The van der Waals surface area contributed by atoms with Crippen molar-refractivity contribution in [3.8, 4) is 0 Å². The highest BCUT2D eigenvalue weighted by Gasteiger charge is 2.13. The van der Waals surface area contributed by atoms with Gasteiger partial charge in [0.15, 0.2) is 0 Å². The quantitative estimate of drug-likeness (QED) is 0.849. The first kappa shape index (κ1) is 14.3. The maximum atomic E-state index is 13.1. The summed E-state index contributed by atoms with van der Waals surface area (Å²) < 4.78 is 24.3. The van der Waals surface area contributed by atoms with Gasteiger partial charge in [0.1, 0.15) is 5.82 Å². The van der Waals surface area contributed by atoms with Gasteiger partial charge in [0.05, 0.1) is 0 Å². The van der Waals surface area contributed by atoms with Crippen LogP contribution in [-0.2, 0) is 10.8 Å². The van der Waals surface area contributed by atoms with E-state index in [2.05, 4.69) is 12.2 Å². The van der Waals surface area contributed by atoms with Gasteiger partial charge in [0, 0.05) is 34.9 Å². The Morgan fingerprint density at radius 1 is 1.47 bits per heavy atom. The van der Waals surface area contributed by atoms with Crippen molar-refractivity contribution in [1.82, 2.24) is 5.32 Å². The second-order valence-electron chi connectivity index (χ2n) is 4.32. The van der Waals surface area contributed by atoms with Crippen LogP contribution < -0.4 is 5.32 Å². The van der Waals surface area contributed by atoms with E-state index in [4.69, 9.17) is 0 Å². The Hall–Kier alpha value is -0.740. The molecule has 0 saturated heterocycles. The van der Waals surface area contributed by atoms with Crippen molar-refractivity contribution in [2.45, 2.75) is 32.4 Å². The van der Waals surface area contributed by atoms with Crippen molar-refractivity contribution in [1.29, 1.82) is 0 Å². The smallest absolute Gasteiger partial charge is 0.123 e. The third-order valence-electron chi connectivity index (χ3n) is 2.63. The van der Waals surface area contributed by atoms with E-state index in [1.807, 2.05) is 13.0 Å². The largest absolute Gasteiger partial charge is 0.307 e. The van der Waals surface area contributed by atoms with E-state index in [0.717, 1.165) is 12.0 Å². The summed E-state index contributed by atoms with van der Waals surface area (Å²) in [4.78, 5) is 0. The normalized spacial score (nSPS) is 16.5. The molecule has 0 aromatic heterocycles. The number of nitrogens with one attached hydrogen (secondary N) is 1. The van der Waals surface area contributed by atoms with Gasteiger partial charge >= 0.3 is 0 Å². The van der Waals surface area contributed by atoms with Crippen LogP contribution in [0.2, 0.25) is 0 Å². The number of hydrogen-bond donors (Lipinski definition) is 1. The zero-order valence-corrected chi connectivity index (χ0v) is 11.4. The Balaban J connectivity index is 2.68. The van der Waals surface area contributed by atoms with Crippen molar-refractivity contribution < 1.29 is 8.60 Å². The molecule has 0 spiro atoms. The van der Waals surface area contributed by atoms with Gasteiger partial charge in [-0.1, -0.05) is 19.1 Å². The molecule has 2 nitrogen and oxygen atoms in total. The molecule has 3 atom stereocenters. The predicted molar refractivity (Wildman–Crippen MR) is 71.0 cm³/mol. The summed E-state index contributed by atoms with van der Waals surface area (Å²) >= 11 is 0. The highest BCUT2D eigenvalue weighted by atomic mass is 32.2. The zero-order chi connectivity index (χ0) is 12.8. The van der Waals surface area contributed by atoms with Crippen molar-refractivity contribution in [2.75, 3.05) is 12.0 Å². The lowest BCUT2D eigenvalue weighted by atomic mass is 10.0. The fourth-order valence-electron chi connectivity index (χ4n) is 1.92. The lowest BCUT2D eigenvalue weighted by Crippen LogP contribution is -2.34. The predicted octanol–water partition coefficient (Wildman–Crippen LogP) is 2.63. The molecule has 0 saturated carbocycles. The first-order chi connectivity index (χ1) is 8.02. The molecule has 0 fully saturated rings. The average molecular weight is 257 g/mol. The van der Waals surface area contributed by atoms with Crippen LogP contribution >= 0.6 is 0 Å². The van der Waals surface area contributed by atoms with Crippen LogP contribution in [0.4, 0.5) is 4.39 Å². The first-order valence-electron chi connectivity index (χ1n) is 5.84. The molecule has 0 amide bonds. The molecule has 1 rings (SSSR count). The molecular formula is C13H20FNOS. The maximum Gasteiger partial charge on any atom is 0.123 e. The Morgan fingerprint density at radius 2 is 2.18 bits per heavy atom. The lowest BCUT2D eigenvalue weighted by molar-refractivity contribution is 0.466. The number of halogens is 1. The van der Waals surface area contributed by atoms with E-state index in [1.165, 1.54) is 6.07 Å². The van der Waals surface area contributed by atoms with Crippen molar-refractivity contribution >= 4 is 10.8 Å². The summed E-state index contributed by atoms with van der Waals surface area (Å²) in [6.07, 6.45) is 2.57. The van der Waals surface area contributed by atoms with Gasteiger partial charge in [-0.25, -0.2) is 4.39 Å². The van der Waals surface area contributed by atoms with E-state index >= 15 is 0 Å². The van der Waals surface area contributed by atoms with Crippen LogP contribution in [0.15, 0.2) is 24.3 Å². The number of rotatable bonds is 6. The molecule has 96 valence electrons. The van der Waals surface area contributed by atoms with Gasteiger partial charge in [-0.2, -0.15) is 0 Å². The Kier molecular flexibility index (Phi) is 5.78. The molecule has 0 aliphatic carbocycles. The van der Waals surface area contributed by atoms with Crippen LogP contribution in [0.5, 0.6) is 0 Å². The monoisotopic (exact) mass is 257 g/mol. The molecule has 17 heavy (non-hydrogen) atoms. The Labute approximate surface area is 105 Å². The second-order valence-corrected chi connectivity index (χ2v) is 5.80. The summed E-state index contributed by atoms with van der Waals surface area (Å²) in [5, 5.41) is 3.38. The van der Waals surface area contributed by atoms with Gasteiger partial charge in [-0.05, 0) is 31.0 Å². The molecule has 4 heteroatoms. The number of benzene rings is 1. The van der Waals surface area contributed by atoms with E-state index in [9.17, 15) is 8.60 Å². The summed E-state index contributed by atoms with van der Waals surface area (Å²) in [6, 6.07) is 6.91. The zero-order valence-electron chi connectivity index (χ0n) is 10.6. The minimum absolute atomic E-state index is 0.115. The van der Waals surface area contributed by atoms with Crippen molar-refractivity contribution in [3.63, 3.8) is 0 Å². The van der Waals surface area contributed by atoms with Crippen LogP contribution in [0.1, 0.15) is 31.9 Å². The minimum atomic E-state index is -0.811. The van der Waals surface area contributed by atoms with Crippen molar-refractivity contribution in [3.05, 3.63) is 35.6 Å². The van der Waals surface area contributed by atoms with Gasteiger partial charge in [-0.15, -0.1) is 0 Å². The molecule has 0 bridgehead atoms. The molecule has 0 heterocycles. The summed E-state index contributed by atoms with van der Waals surface area (Å²) in [6.45, 7) is 4.06. The van der Waals surface area contributed by atoms with Crippen molar-refractivity contribution in [2.24, 2.45) is 0 Å². The first-order valence-corrected chi connectivity index (χ1v) is 7.57. The van der Waals surface area contributed by atoms with Crippen LogP contribution in [0, 0.1) is 5.82 Å². The van der Waals surface area contributed by atoms with E-state index in [0.29, 0.717) is 5.75 Å². The minimum Gasteiger partial charge on any atom is -0.307 e. The van der Waals surface area contributed by atoms with Gasteiger partial charge in [-0.3, -0.25) is 4.21 Å². The summed E-state index contributed by atoms with van der Waals surface area (Å²) in [7, 11) is -0.811. The molecule has 1 aromatic rings. The van der Waals surface area contributed by atoms with E-state index < -0.39 is 10.8 Å². The van der Waals surface area contributed by atoms with Gasteiger partial charge in [0.25, 0.3) is 0 Å². The topological polar surface area (TPSA) is 29.1 Å². The molecule has 1 N–H and O–H groups in total. The number of hydrogen-bond acceptors (Lipinski definition) is 2. The summed E-state index contributed by atoms with van der Waals surface area (Å²) in [5.41, 5.74) is 0.946. The van der Waals surface area contributed by atoms with E-state index in [-0.39, 0.29) is 17.9 Å². The highest BCUT2D eigenvalue weighted by Crippen LogP contribution is 2.18. The maximum absolute atomic E-state index is 13.1. The fraction of sp³-hybridized carbons (Fsp3) is 0.538. The van der Waals surface area contributed by atoms with Gasteiger partial charge in [0.2, 0.25) is 0 Å². The van der Waals surface area contributed by atoms with Crippen LogP contribution in [0.3, 0.4) is 0 Å². The third kappa shape index (κ3) is 4.96. The second kappa shape index (κ2) is 6.87. The van der Waals surface area contributed by atoms with E-state index in [1.54, 1.807) is 18.4 Å². The molecular weight excluding hydrogens is 237 g/mol. The fourth-order valence-corrected chi connectivity index (χ4v) is 2.72. The third-order valence-corrected chi connectivity index (χ3v) is 3.60. The average Bonchev–Trinajstić information content (AvgIpc) is 2.24. The molecule has 0 unspecified atom stereocenters. The Morgan fingerprint density at radius 3 is 2.71 bits per heavy atom. The standard InChI is InChI=1S/C13H20FNOS/c1-4-13(15-10(2)9-17(3)16)11-6-5-7-12(14)8-11/h5-8,10,13,15H,4,9H2,1-3H3/t10-,13+,17+/m1/s1. The van der Waals surface area contributed by atoms with Gasteiger partial charge < -0.3 is 5.32 Å². The molecule has 0 aliphatic rings. The SMILES string of the molecule is CC[C@H](N[C@H](C)C[S@](C)=O)c1cccc(F)c1. The lowest BCUT2D eigenvalue weighted by Gasteiger charge is -2.22. The van der Waals surface area contributed by atoms with Crippen LogP contribution in [-0.4, -0.2) is 22.3 Å². The molecule has 0 aliphatic heterocycles. The van der Waals surface area contributed by atoms with Crippen LogP contribution in [0.25, 0.3) is 0 Å².